The van der Waals surface area contributed by atoms with Gasteiger partial charge in [-0.25, -0.2) is 9.40 Å². The number of thioether (sulfide) groups is 1. The predicted molar refractivity (Wildman–Crippen MR) is 171 cm³/mol. The Bertz CT molecular complexity index is 1840. The minimum absolute atomic E-state index is 0.0126. The summed E-state index contributed by atoms with van der Waals surface area (Å²) < 4.78 is 16.0. The molecule has 3 aromatic carbocycles. The molecule has 1 unspecified atom stereocenters. The number of aromatic nitrogens is 3. The number of rotatable bonds is 9. The van der Waals surface area contributed by atoms with Gasteiger partial charge in [-0.05, 0) is 60.7 Å². The Morgan fingerprint density at radius 3 is 2.55 bits per heavy atom. The van der Waals surface area contributed by atoms with Crippen LogP contribution in [0.3, 0.4) is 0 Å². The van der Waals surface area contributed by atoms with Crippen LogP contribution in [0.25, 0.3) is 5.69 Å². The topological polar surface area (TPSA) is 92.5 Å². The van der Waals surface area contributed by atoms with E-state index >= 15 is 0 Å². The molecule has 0 saturated carbocycles. The van der Waals surface area contributed by atoms with Crippen LogP contribution in [0.4, 0.5) is 4.39 Å². The summed E-state index contributed by atoms with van der Waals surface area (Å²) in [6, 6.07) is 25.6. The van der Waals surface area contributed by atoms with Crippen LogP contribution in [0, 0.1) is 19.7 Å². The molecule has 0 fully saturated rings. The van der Waals surface area contributed by atoms with Crippen LogP contribution < -0.4 is 5.32 Å². The molecule has 0 saturated heterocycles. The van der Waals surface area contributed by atoms with Crippen molar-refractivity contribution >= 4 is 40.6 Å². The zero-order valence-corrected chi connectivity index (χ0v) is 25.7. The van der Waals surface area contributed by atoms with Crippen molar-refractivity contribution in [2.24, 2.45) is 5.10 Å². The number of aryl methyl sites for hydroxylation is 2. The van der Waals surface area contributed by atoms with Gasteiger partial charge in [-0.15, -0.1) is 21.5 Å². The number of nitrogens with one attached hydrogen (secondary N) is 1. The van der Waals surface area contributed by atoms with Gasteiger partial charge in [0.1, 0.15) is 5.82 Å². The molecule has 0 bridgehead atoms. The molecule has 0 aliphatic carbocycles. The highest BCUT2D eigenvalue weighted by atomic mass is 32.2. The van der Waals surface area contributed by atoms with Gasteiger partial charge in [0.25, 0.3) is 11.8 Å². The van der Waals surface area contributed by atoms with E-state index in [4.69, 9.17) is 5.10 Å². The number of carbonyl (C=O) groups is 2. The summed E-state index contributed by atoms with van der Waals surface area (Å²) in [5, 5.41) is 20.3. The number of nitrogens with zero attached hydrogens (tertiary/aromatic N) is 5. The maximum atomic E-state index is 14.2. The SMILES string of the molecule is Cc1ccc(C2CC(c3cccs3)=NN2C(=O)CSc2nnc(CNC(=O)c3ccccc3F)n2-c2cccc(C)c2)cc1. The molecule has 2 amide bonds. The summed E-state index contributed by atoms with van der Waals surface area (Å²) in [6.45, 7) is 4.03. The number of thiophene rings is 1. The van der Waals surface area contributed by atoms with Gasteiger partial charge in [0.2, 0.25) is 0 Å². The molecule has 1 atom stereocenters. The zero-order chi connectivity index (χ0) is 30.6. The molecule has 1 N–H and O–H groups in total. The summed E-state index contributed by atoms with van der Waals surface area (Å²) in [6.07, 6.45) is 0.630. The Morgan fingerprint density at radius 2 is 1.80 bits per heavy atom. The van der Waals surface area contributed by atoms with Crippen LogP contribution in [0.5, 0.6) is 0 Å². The van der Waals surface area contributed by atoms with Crippen molar-refractivity contribution in [2.45, 2.75) is 38.0 Å². The van der Waals surface area contributed by atoms with Gasteiger partial charge in [0, 0.05) is 12.1 Å². The van der Waals surface area contributed by atoms with E-state index in [0.717, 1.165) is 33.0 Å². The lowest BCUT2D eigenvalue weighted by Crippen LogP contribution is -2.28. The number of halogens is 1. The molecule has 6 rings (SSSR count). The van der Waals surface area contributed by atoms with E-state index in [1.165, 1.54) is 30.0 Å². The van der Waals surface area contributed by atoms with Gasteiger partial charge < -0.3 is 5.32 Å². The highest BCUT2D eigenvalue weighted by Gasteiger charge is 2.33. The van der Waals surface area contributed by atoms with E-state index in [1.807, 2.05) is 72.3 Å². The van der Waals surface area contributed by atoms with Crippen molar-refractivity contribution in [3.05, 3.63) is 129 Å². The highest BCUT2D eigenvalue weighted by molar-refractivity contribution is 7.99. The number of hydrogen-bond acceptors (Lipinski definition) is 7. The molecule has 2 aromatic heterocycles. The van der Waals surface area contributed by atoms with Gasteiger partial charge in [-0.2, -0.15) is 5.10 Å². The number of amides is 2. The minimum Gasteiger partial charge on any atom is -0.345 e. The van der Waals surface area contributed by atoms with Gasteiger partial charge >= 0.3 is 0 Å². The van der Waals surface area contributed by atoms with Crippen LogP contribution in [0.1, 0.15) is 50.2 Å². The third-order valence-corrected chi connectivity index (χ3v) is 9.08. The van der Waals surface area contributed by atoms with Crippen molar-refractivity contribution in [2.75, 3.05) is 5.75 Å². The van der Waals surface area contributed by atoms with E-state index in [0.29, 0.717) is 17.4 Å². The van der Waals surface area contributed by atoms with Crippen LogP contribution in [-0.2, 0) is 11.3 Å². The van der Waals surface area contributed by atoms with Crippen molar-refractivity contribution in [1.29, 1.82) is 0 Å². The van der Waals surface area contributed by atoms with Crippen molar-refractivity contribution in [3.63, 3.8) is 0 Å². The van der Waals surface area contributed by atoms with E-state index in [-0.39, 0.29) is 29.8 Å². The number of benzene rings is 3. The monoisotopic (exact) mass is 624 g/mol. The lowest BCUT2D eigenvalue weighted by molar-refractivity contribution is -0.130. The molecule has 222 valence electrons. The molecule has 44 heavy (non-hydrogen) atoms. The average molecular weight is 625 g/mol. The fourth-order valence-corrected chi connectivity index (χ4v) is 6.55. The van der Waals surface area contributed by atoms with Crippen LogP contribution >= 0.6 is 23.1 Å². The first kappa shape index (κ1) is 29.5. The van der Waals surface area contributed by atoms with E-state index < -0.39 is 11.7 Å². The minimum atomic E-state index is -0.601. The number of hydrogen-bond donors (Lipinski definition) is 1. The van der Waals surface area contributed by atoms with E-state index in [9.17, 15) is 14.0 Å². The first-order valence-electron chi connectivity index (χ1n) is 14.0. The second kappa shape index (κ2) is 12.9. The zero-order valence-electron chi connectivity index (χ0n) is 24.1. The molecular weight excluding hydrogens is 596 g/mol. The van der Waals surface area contributed by atoms with Gasteiger partial charge in [0.15, 0.2) is 11.0 Å². The second-order valence-corrected chi connectivity index (χ2v) is 12.3. The molecular formula is C33H29FN6O2S2. The molecule has 1 aliphatic rings. The third kappa shape index (κ3) is 6.34. The van der Waals surface area contributed by atoms with E-state index in [1.54, 1.807) is 22.4 Å². The lowest BCUT2D eigenvalue weighted by Gasteiger charge is -2.22. The summed E-state index contributed by atoms with van der Waals surface area (Å²) in [5.74, 6) is -0.778. The summed E-state index contributed by atoms with van der Waals surface area (Å²) in [4.78, 5) is 27.5. The summed E-state index contributed by atoms with van der Waals surface area (Å²) in [7, 11) is 0. The first-order valence-corrected chi connectivity index (χ1v) is 15.9. The normalized spacial score (nSPS) is 14.5. The first-order chi connectivity index (χ1) is 21.4. The fraction of sp³-hybridized carbons (Fsp3) is 0.182. The average Bonchev–Trinajstić information content (AvgIpc) is 3.79. The van der Waals surface area contributed by atoms with Crippen molar-refractivity contribution < 1.29 is 14.0 Å². The fourth-order valence-electron chi connectivity index (χ4n) is 5.01. The highest BCUT2D eigenvalue weighted by Crippen LogP contribution is 2.35. The maximum absolute atomic E-state index is 14.2. The molecule has 5 aromatic rings. The Kier molecular flexibility index (Phi) is 8.67. The van der Waals surface area contributed by atoms with Crippen LogP contribution in [0.15, 0.2) is 101 Å². The van der Waals surface area contributed by atoms with Crippen molar-refractivity contribution in [3.8, 4) is 5.69 Å². The summed E-state index contributed by atoms with van der Waals surface area (Å²) >= 11 is 2.86. The summed E-state index contributed by atoms with van der Waals surface area (Å²) in [5.41, 5.74) is 4.83. The third-order valence-electron chi connectivity index (χ3n) is 7.24. The Labute approximate surface area is 262 Å². The molecule has 1 aliphatic heterocycles. The standard InChI is InChI=1S/C33H29FN6O2S2/c1-21-12-14-23(15-13-21)28-18-27(29-11-6-16-43-29)38-40(28)31(41)20-44-33-37-36-30(39(33)24-8-5-7-22(2)17-24)19-35-32(42)25-9-3-4-10-26(25)34/h3-17,28H,18-20H2,1-2H3,(H,35,42). The molecule has 0 radical (unpaired) electrons. The molecule has 0 spiro atoms. The Hall–Kier alpha value is -4.61. The molecule has 8 nitrogen and oxygen atoms in total. The quantitative estimate of drug-likeness (QED) is 0.190. The van der Waals surface area contributed by atoms with E-state index in [2.05, 4.69) is 27.6 Å². The van der Waals surface area contributed by atoms with Crippen LogP contribution in [-0.4, -0.2) is 43.1 Å². The predicted octanol–water partition coefficient (Wildman–Crippen LogP) is 6.48. The Balaban J connectivity index is 1.24. The molecule has 3 heterocycles. The van der Waals surface area contributed by atoms with Gasteiger partial charge in [0.05, 0.1) is 34.5 Å². The van der Waals surface area contributed by atoms with Crippen LogP contribution in [0.2, 0.25) is 0 Å². The van der Waals surface area contributed by atoms with Crippen molar-refractivity contribution in [1.82, 2.24) is 25.1 Å². The van der Waals surface area contributed by atoms with Gasteiger partial charge in [-0.3, -0.25) is 14.2 Å². The lowest BCUT2D eigenvalue weighted by atomic mass is 10.00. The smallest absolute Gasteiger partial charge is 0.254 e. The second-order valence-electron chi connectivity index (χ2n) is 10.4. The molecule has 11 heteroatoms. The largest absolute Gasteiger partial charge is 0.345 e. The van der Waals surface area contributed by atoms with Gasteiger partial charge in [-0.1, -0.05) is 71.9 Å². The Morgan fingerprint density at radius 1 is 0.977 bits per heavy atom. The number of hydrazone groups is 1. The maximum Gasteiger partial charge on any atom is 0.254 e. The number of carbonyl (C=O) groups excluding carboxylic acids is 2.